The van der Waals surface area contributed by atoms with Crippen molar-refractivity contribution in [3.05, 3.63) is 69.7 Å². The van der Waals surface area contributed by atoms with E-state index in [9.17, 15) is 4.79 Å². The molecule has 5 heteroatoms. The molecule has 1 amide bonds. The zero-order valence-electron chi connectivity index (χ0n) is 11.1. The first-order valence-electron chi connectivity index (χ1n) is 6.59. The van der Waals surface area contributed by atoms with Crippen LogP contribution in [0.15, 0.2) is 48.5 Å². The van der Waals surface area contributed by atoms with E-state index in [4.69, 9.17) is 23.2 Å². The molecule has 2 aromatic rings. The Labute approximate surface area is 138 Å². The molecule has 0 saturated carbocycles. The van der Waals surface area contributed by atoms with Crippen molar-refractivity contribution in [3.8, 4) is 0 Å². The largest absolute Gasteiger partial charge is 0.322 e. The highest BCUT2D eigenvalue weighted by molar-refractivity contribution is 7.99. The summed E-state index contributed by atoms with van der Waals surface area (Å²) in [5, 5.41) is 1.16. The van der Waals surface area contributed by atoms with Gasteiger partial charge < -0.3 is 4.90 Å². The Balaban J connectivity index is 1.91. The molecule has 0 aromatic heterocycles. The van der Waals surface area contributed by atoms with Crippen molar-refractivity contribution >= 4 is 40.9 Å². The second-order valence-electron chi connectivity index (χ2n) is 4.75. The van der Waals surface area contributed by atoms with Crippen molar-refractivity contribution in [3.63, 3.8) is 0 Å². The number of thioether (sulfide) groups is 1. The first-order chi connectivity index (χ1) is 10.2. The summed E-state index contributed by atoms with van der Waals surface area (Å²) >= 11 is 14.0. The second-order valence-corrected chi connectivity index (χ2v) is 6.79. The average Bonchev–Trinajstić information content (AvgIpc) is 2.96. The van der Waals surface area contributed by atoms with Crippen molar-refractivity contribution in [2.24, 2.45) is 0 Å². The van der Waals surface area contributed by atoms with Gasteiger partial charge in [0.05, 0.1) is 0 Å². The SMILES string of the molecule is O=C(c1ccccc1)N1CCS[C@H]1c1ccc(Cl)cc1Cl. The Morgan fingerprint density at radius 1 is 1.14 bits per heavy atom. The molecule has 3 rings (SSSR count). The van der Waals surface area contributed by atoms with E-state index in [0.29, 0.717) is 15.6 Å². The smallest absolute Gasteiger partial charge is 0.255 e. The summed E-state index contributed by atoms with van der Waals surface area (Å²) in [6, 6.07) is 14.8. The number of nitrogens with zero attached hydrogens (tertiary/aromatic N) is 1. The van der Waals surface area contributed by atoms with Gasteiger partial charge in [-0.2, -0.15) is 0 Å². The van der Waals surface area contributed by atoms with Gasteiger partial charge in [0.25, 0.3) is 5.91 Å². The number of carbonyl (C=O) groups is 1. The van der Waals surface area contributed by atoms with Crippen LogP contribution in [0.2, 0.25) is 10.0 Å². The minimum Gasteiger partial charge on any atom is -0.322 e. The average molecular weight is 338 g/mol. The lowest BCUT2D eigenvalue weighted by molar-refractivity contribution is 0.0760. The van der Waals surface area contributed by atoms with Gasteiger partial charge in [-0.25, -0.2) is 0 Å². The third-order valence-electron chi connectivity index (χ3n) is 3.40. The molecule has 108 valence electrons. The number of carbonyl (C=O) groups excluding carboxylic acids is 1. The number of hydrogen-bond donors (Lipinski definition) is 0. The summed E-state index contributed by atoms with van der Waals surface area (Å²) in [4.78, 5) is 14.5. The normalized spacial score (nSPS) is 18.0. The fourth-order valence-electron chi connectivity index (χ4n) is 2.38. The van der Waals surface area contributed by atoms with Gasteiger partial charge in [0.1, 0.15) is 5.37 Å². The van der Waals surface area contributed by atoms with Crippen LogP contribution >= 0.6 is 35.0 Å². The van der Waals surface area contributed by atoms with Gasteiger partial charge in [-0.15, -0.1) is 11.8 Å². The van der Waals surface area contributed by atoms with Crippen molar-refractivity contribution in [1.82, 2.24) is 4.90 Å². The molecule has 1 fully saturated rings. The lowest BCUT2D eigenvalue weighted by Gasteiger charge is -2.25. The molecule has 1 aliphatic heterocycles. The molecule has 1 atom stereocenters. The monoisotopic (exact) mass is 337 g/mol. The lowest BCUT2D eigenvalue weighted by atomic mass is 10.1. The van der Waals surface area contributed by atoms with Gasteiger partial charge in [-0.1, -0.05) is 47.5 Å². The number of amides is 1. The highest BCUT2D eigenvalue weighted by Crippen LogP contribution is 2.42. The highest BCUT2D eigenvalue weighted by Gasteiger charge is 2.32. The number of halogens is 2. The van der Waals surface area contributed by atoms with Crippen LogP contribution in [-0.4, -0.2) is 23.1 Å². The zero-order chi connectivity index (χ0) is 14.8. The summed E-state index contributed by atoms with van der Waals surface area (Å²) in [6.45, 7) is 0.724. The minimum atomic E-state index is -0.0533. The van der Waals surface area contributed by atoms with E-state index in [2.05, 4.69) is 0 Å². The van der Waals surface area contributed by atoms with E-state index >= 15 is 0 Å². The maximum atomic E-state index is 12.7. The van der Waals surface area contributed by atoms with Crippen LogP contribution in [0.1, 0.15) is 21.3 Å². The van der Waals surface area contributed by atoms with Gasteiger partial charge in [0.15, 0.2) is 0 Å². The predicted octanol–water partition coefficient (Wildman–Crippen LogP) is 4.88. The second kappa shape index (κ2) is 6.30. The van der Waals surface area contributed by atoms with Gasteiger partial charge in [0.2, 0.25) is 0 Å². The molecule has 0 aliphatic carbocycles. The molecule has 21 heavy (non-hydrogen) atoms. The Kier molecular flexibility index (Phi) is 4.43. The first-order valence-corrected chi connectivity index (χ1v) is 8.40. The topological polar surface area (TPSA) is 20.3 Å². The van der Waals surface area contributed by atoms with Gasteiger partial charge >= 0.3 is 0 Å². The van der Waals surface area contributed by atoms with Gasteiger partial charge in [0, 0.05) is 33.5 Å². The van der Waals surface area contributed by atoms with E-state index in [0.717, 1.165) is 17.9 Å². The van der Waals surface area contributed by atoms with Crippen LogP contribution in [0.3, 0.4) is 0 Å². The van der Waals surface area contributed by atoms with Gasteiger partial charge in [-0.05, 0) is 24.3 Å². The third-order valence-corrected chi connectivity index (χ3v) is 5.21. The standard InChI is InChI=1S/C16H13Cl2NOS/c17-12-6-7-13(14(18)10-12)16-19(8-9-21-16)15(20)11-4-2-1-3-5-11/h1-7,10,16H,8-9H2/t16-/m0/s1. The Bertz CT molecular complexity index is 663. The van der Waals surface area contributed by atoms with Gasteiger partial charge in [-0.3, -0.25) is 4.79 Å². The lowest BCUT2D eigenvalue weighted by Crippen LogP contribution is -2.30. The quantitative estimate of drug-likeness (QED) is 0.778. The summed E-state index contributed by atoms with van der Waals surface area (Å²) < 4.78 is 0. The van der Waals surface area contributed by atoms with E-state index in [1.807, 2.05) is 47.4 Å². The fourth-order valence-corrected chi connectivity index (χ4v) is 4.25. The van der Waals surface area contributed by atoms with Crippen LogP contribution in [0.4, 0.5) is 0 Å². The van der Waals surface area contributed by atoms with Crippen LogP contribution in [-0.2, 0) is 0 Å². The summed E-state index contributed by atoms with van der Waals surface area (Å²) in [5.41, 5.74) is 1.64. The van der Waals surface area contributed by atoms with Crippen molar-refractivity contribution in [1.29, 1.82) is 0 Å². The van der Waals surface area contributed by atoms with Crippen molar-refractivity contribution in [2.45, 2.75) is 5.37 Å². The van der Waals surface area contributed by atoms with Crippen LogP contribution in [0.5, 0.6) is 0 Å². The Morgan fingerprint density at radius 2 is 1.90 bits per heavy atom. The molecule has 1 aliphatic rings. The molecular weight excluding hydrogens is 325 g/mol. The molecule has 0 radical (unpaired) electrons. The van der Waals surface area contributed by atoms with E-state index in [1.54, 1.807) is 17.8 Å². The van der Waals surface area contributed by atoms with Crippen LogP contribution in [0, 0.1) is 0 Å². The summed E-state index contributed by atoms with van der Waals surface area (Å²) in [5.74, 6) is 0.943. The molecule has 0 bridgehead atoms. The Morgan fingerprint density at radius 3 is 2.62 bits per heavy atom. The fraction of sp³-hybridized carbons (Fsp3) is 0.188. The number of benzene rings is 2. The van der Waals surface area contributed by atoms with E-state index < -0.39 is 0 Å². The van der Waals surface area contributed by atoms with Crippen molar-refractivity contribution < 1.29 is 4.79 Å². The zero-order valence-corrected chi connectivity index (χ0v) is 13.5. The van der Waals surface area contributed by atoms with Crippen LogP contribution < -0.4 is 0 Å². The molecule has 2 aromatic carbocycles. The van der Waals surface area contributed by atoms with E-state index in [1.165, 1.54) is 0 Å². The maximum absolute atomic E-state index is 12.7. The minimum absolute atomic E-state index is 0.0385. The first kappa shape index (κ1) is 14.8. The van der Waals surface area contributed by atoms with Crippen molar-refractivity contribution in [2.75, 3.05) is 12.3 Å². The summed E-state index contributed by atoms with van der Waals surface area (Å²) in [6.07, 6.45) is 0. The summed E-state index contributed by atoms with van der Waals surface area (Å²) in [7, 11) is 0. The molecule has 0 unspecified atom stereocenters. The molecule has 1 saturated heterocycles. The third kappa shape index (κ3) is 3.05. The van der Waals surface area contributed by atoms with Crippen LogP contribution in [0.25, 0.3) is 0 Å². The predicted molar refractivity (Wildman–Crippen MR) is 89.1 cm³/mol. The molecule has 1 heterocycles. The molecule has 0 N–H and O–H groups in total. The molecular formula is C16H13Cl2NOS. The highest BCUT2D eigenvalue weighted by atomic mass is 35.5. The van der Waals surface area contributed by atoms with E-state index in [-0.39, 0.29) is 11.3 Å². The Hall–Kier alpha value is -1.16. The molecule has 2 nitrogen and oxygen atoms in total. The number of rotatable bonds is 2. The molecule has 0 spiro atoms. The number of hydrogen-bond acceptors (Lipinski definition) is 2. The maximum Gasteiger partial charge on any atom is 0.255 e.